The van der Waals surface area contributed by atoms with Gasteiger partial charge in [-0.25, -0.2) is 4.57 Å². The highest BCUT2D eigenvalue weighted by molar-refractivity contribution is 6.10. The molecular formula is C28H23N4O+. The normalized spacial score (nSPS) is 12.1. The number of carbonyl (C=O) groups is 1. The topological polar surface area (TPSA) is 42.8 Å². The van der Waals surface area contributed by atoms with E-state index in [9.17, 15) is 4.79 Å². The number of hydrogen-bond donors (Lipinski definition) is 1. The molecule has 2 aromatic heterocycles. The first-order valence-electron chi connectivity index (χ1n) is 11.1. The van der Waals surface area contributed by atoms with Gasteiger partial charge in [-0.05, 0) is 36.4 Å². The van der Waals surface area contributed by atoms with E-state index < -0.39 is 0 Å². The molecule has 0 unspecified atom stereocenters. The monoisotopic (exact) mass is 431 g/mol. The van der Waals surface area contributed by atoms with Crippen LogP contribution in [-0.2, 0) is 13.1 Å². The number of imidazole rings is 1. The van der Waals surface area contributed by atoms with Gasteiger partial charge in [0.1, 0.15) is 17.9 Å². The molecule has 0 atom stereocenters. The minimum atomic E-state index is 0.00460. The molecule has 6 rings (SSSR count). The summed E-state index contributed by atoms with van der Waals surface area (Å²) in [6.45, 7) is 1.53. The number of ketones is 1. The van der Waals surface area contributed by atoms with Gasteiger partial charge in [0.05, 0.1) is 6.54 Å². The van der Waals surface area contributed by atoms with Crippen LogP contribution in [0.4, 0.5) is 11.5 Å². The highest BCUT2D eigenvalue weighted by Crippen LogP contribution is 2.34. The lowest BCUT2D eigenvalue weighted by atomic mass is 10.1. The Kier molecular flexibility index (Phi) is 4.65. The molecular weight excluding hydrogens is 408 g/mol. The summed E-state index contributed by atoms with van der Waals surface area (Å²) in [4.78, 5) is 13.9. The molecule has 1 N–H and O–H groups in total. The van der Waals surface area contributed by atoms with Gasteiger partial charge in [-0.15, -0.1) is 0 Å². The Hall–Kier alpha value is -4.38. The molecule has 160 valence electrons. The predicted octanol–water partition coefficient (Wildman–Crippen LogP) is 5.22. The minimum absolute atomic E-state index is 0.00460. The third-order valence-corrected chi connectivity index (χ3v) is 6.11. The summed E-state index contributed by atoms with van der Waals surface area (Å²) in [5, 5.41) is 3.58. The van der Waals surface area contributed by atoms with Gasteiger partial charge >= 0.3 is 5.82 Å². The van der Waals surface area contributed by atoms with E-state index in [1.807, 2.05) is 78.9 Å². The van der Waals surface area contributed by atoms with Gasteiger partial charge in [-0.3, -0.25) is 4.79 Å². The smallest absolute Gasteiger partial charge is 0.313 e. The molecule has 0 bridgehead atoms. The average Bonchev–Trinajstić information content (AvgIpc) is 3.47. The first-order valence-corrected chi connectivity index (χ1v) is 11.1. The Morgan fingerprint density at radius 1 is 0.788 bits per heavy atom. The summed E-state index contributed by atoms with van der Waals surface area (Å²) < 4.78 is 6.59. The standard InChI is InChI=1S/C28H22N4O/c33-26(21-11-4-1-5-12-21)25-27(29-22-13-6-2-7-14-22)32(23-15-8-3-9-16-23)28-24-17-10-18-30(24)19-20-31(25)28/h1-18H,19-20H2/p+1. The van der Waals surface area contributed by atoms with Crippen LogP contribution in [0.2, 0.25) is 0 Å². The SMILES string of the molecule is O=C(c1ccccc1)c1c(Nc2ccccc2)n(-c2ccccc2)c2[n+]1CCn1cccc1-2. The molecule has 5 heteroatoms. The van der Waals surface area contributed by atoms with Crippen LogP contribution < -0.4 is 9.88 Å². The second-order valence-corrected chi connectivity index (χ2v) is 8.12. The fraction of sp³-hybridized carbons (Fsp3) is 0.0714. The van der Waals surface area contributed by atoms with Crippen LogP contribution >= 0.6 is 0 Å². The van der Waals surface area contributed by atoms with Crippen molar-refractivity contribution in [3.63, 3.8) is 0 Å². The lowest BCUT2D eigenvalue weighted by Crippen LogP contribution is -2.45. The van der Waals surface area contributed by atoms with Gasteiger partial charge < -0.3 is 9.88 Å². The molecule has 0 saturated carbocycles. The largest absolute Gasteiger partial charge is 0.337 e. The van der Waals surface area contributed by atoms with Crippen molar-refractivity contribution in [3.8, 4) is 17.2 Å². The summed E-state index contributed by atoms with van der Waals surface area (Å²) >= 11 is 0. The number of fused-ring (bicyclic) bond motifs is 3. The lowest BCUT2D eigenvalue weighted by molar-refractivity contribution is -0.690. The first-order chi connectivity index (χ1) is 16.3. The summed E-state index contributed by atoms with van der Waals surface area (Å²) in [6.07, 6.45) is 2.10. The Morgan fingerprint density at radius 3 is 2.18 bits per heavy atom. The van der Waals surface area contributed by atoms with Gasteiger partial charge in [0, 0.05) is 17.4 Å². The van der Waals surface area contributed by atoms with Crippen LogP contribution in [0.1, 0.15) is 16.1 Å². The van der Waals surface area contributed by atoms with E-state index in [1.54, 1.807) is 0 Å². The number of rotatable bonds is 5. The highest BCUT2D eigenvalue weighted by Gasteiger charge is 2.40. The molecule has 0 saturated heterocycles. The van der Waals surface area contributed by atoms with Gasteiger partial charge in [0.2, 0.25) is 11.5 Å². The lowest BCUT2D eigenvalue weighted by Gasteiger charge is -2.14. The van der Waals surface area contributed by atoms with Crippen molar-refractivity contribution in [1.82, 2.24) is 9.13 Å². The highest BCUT2D eigenvalue weighted by atomic mass is 16.1. The van der Waals surface area contributed by atoms with Crippen molar-refractivity contribution < 1.29 is 9.36 Å². The molecule has 33 heavy (non-hydrogen) atoms. The van der Waals surface area contributed by atoms with Crippen LogP contribution in [0.3, 0.4) is 0 Å². The fourth-order valence-corrected chi connectivity index (χ4v) is 4.61. The Bertz CT molecular complexity index is 1430. The van der Waals surface area contributed by atoms with E-state index in [2.05, 4.69) is 49.5 Å². The Morgan fingerprint density at radius 2 is 1.45 bits per heavy atom. The quantitative estimate of drug-likeness (QED) is 0.306. The number of nitrogens with one attached hydrogen (secondary N) is 1. The van der Waals surface area contributed by atoms with Gasteiger partial charge in [0.15, 0.2) is 0 Å². The molecule has 0 amide bonds. The molecule has 0 aliphatic carbocycles. The van der Waals surface area contributed by atoms with Crippen molar-refractivity contribution in [2.75, 3.05) is 5.32 Å². The summed E-state index contributed by atoms with van der Waals surface area (Å²) in [6, 6.07) is 33.9. The van der Waals surface area contributed by atoms with E-state index in [-0.39, 0.29) is 5.78 Å². The summed E-state index contributed by atoms with van der Waals surface area (Å²) in [7, 11) is 0. The number of carbonyl (C=O) groups excluding carboxylic acids is 1. The van der Waals surface area contributed by atoms with E-state index in [1.165, 1.54) is 0 Å². The van der Waals surface area contributed by atoms with Crippen LogP contribution in [0.5, 0.6) is 0 Å². The second kappa shape index (κ2) is 7.95. The molecule has 0 fully saturated rings. The number of aromatic nitrogens is 3. The number of benzene rings is 3. The van der Waals surface area contributed by atoms with Crippen molar-refractivity contribution in [2.24, 2.45) is 0 Å². The summed E-state index contributed by atoms with van der Waals surface area (Å²) in [5.41, 5.74) is 4.36. The van der Waals surface area contributed by atoms with Gasteiger partial charge in [-0.1, -0.05) is 66.7 Å². The van der Waals surface area contributed by atoms with E-state index in [0.717, 1.165) is 35.3 Å². The van der Waals surface area contributed by atoms with Crippen LogP contribution in [0, 0.1) is 0 Å². The van der Waals surface area contributed by atoms with Crippen molar-refractivity contribution in [2.45, 2.75) is 13.1 Å². The van der Waals surface area contributed by atoms with Crippen molar-refractivity contribution in [1.29, 1.82) is 0 Å². The van der Waals surface area contributed by atoms with Crippen molar-refractivity contribution in [3.05, 3.63) is 121 Å². The molecule has 3 aromatic carbocycles. The zero-order valence-electron chi connectivity index (χ0n) is 18.1. The molecule has 0 radical (unpaired) electrons. The fourth-order valence-electron chi connectivity index (χ4n) is 4.61. The number of para-hydroxylation sites is 2. The third-order valence-electron chi connectivity index (χ3n) is 6.11. The van der Waals surface area contributed by atoms with Gasteiger partial charge in [-0.2, -0.15) is 4.57 Å². The molecule has 3 heterocycles. The van der Waals surface area contributed by atoms with Crippen LogP contribution in [0.25, 0.3) is 17.2 Å². The zero-order valence-corrected chi connectivity index (χ0v) is 18.1. The molecule has 0 spiro atoms. The molecule has 1 aliphatic rings. The molecule has 5 nitrogen and oxygen atoms in total. The van der Waals surface area contributed by atoms with Crippen LogP contribution in [0.15, 0.2) is 109 Å². The van der Waals surface area contributed by atoms with Crippen LogP contribution in [-0.4, -0.2) is 14.9 Å². The maximum absolute atomic E-state index is 13.9. The first kappa shape index (κ1) is 19.3. The Labute approximate surface area is 192 Å². The maximum Gasteiger partial charge on any atom is 0.313 e. The number of nitrogens with zero attached hydrogens (tertiary/aromatic N) is 3. The van der Waals surface area contributed by atoms with Crippen molar-refractivity contribution >= 4 is 17.3 Å². The summed E-state index contributed by atoms with van der Waals surface area (Å²) in [5.74, 6) is 1.77. The van der Waals surface area contributed by atoms with E-state index in [4.69, 9.17) is 0 Å². The number of hydrogen-bond acceptors (Lipinski definition) is 2. The molecule has 1 aliphatic heterocycles. The Balaban J connectivity index is 1.67. The maximum atomic E-state index is 13.9. The number of aryl methyl sites for hydroxylation is 1. The van der Waals surface area contributed by atoms with Gasteiger partial charge in [0.25, 0.3) is 5.82 Å². The average molecular weight is 432 g/mol. The molecule has 5 aromatic rings. The second-order valence-electron chi connectivity index (χ2n) is 8.12. The number of anilines is 2. The zero-order chi connectivity index (χ0) is 22.2. The minimum Gasteiger partial charge on any atom is -0.337 e. The predicted molar refractivity (Wildman–Crippen MR) is 129 cm³/mol. The van der Waals surface area contributed by atoms with E-state index >= 15 is 0 Å². The van der Waals surface area contributed by atoms with E-state index in [0.29, 0.717) is 17.8 Å². The third kappa shape index (κ3) is 3.26.